The minimum atomic E-state index is -0.276. The molecule has 7 heteroatoms. The van der Waals surface area contributed by atoms with Crippen LogP contribution in [0.25, 0.3) is 10.9 Å². The van der Waals surface area contributed by atoms with Crippen molar-refractivity contribution >= 4 is 16.8 Å². The smallest absolute Gasteiger partial charge is 0.273 e. The van der Waals surface area contributed by atoms with Gasteiger partial charge in [0.2, 0.25) is 0 Å². The topological polar surface area (TPSA) is 86.5 Å². The summed E-state index contributed by atoms with van der Waals surface area (Å²) in [4.78, 5) is 16.5. The highest BCUT2D eigenvalue weighted by Crippen LogP contribution is 2.24. The van der Waals surface area contributed by atoms with E-state index in [9.17, 15) is 4.79 Å². The predicted octanol–water partition coefficient (Wildman–Crippen LogP) is 2.71. The number of hydrogen-bond donors (Lipinski definition) is 1. The zero-order valence-corrected chi connectivity index (χ0v) is 14.2. The lowest BCUT2D eigenvalue weighted by Gasteiger charge is -2.09. The molecule has 26 heavy (non-hydrogen) atoms. The monoisotopic (exact) mass is 353 g/mol. The van der Waals surface area contributed by atoms with E-state index < -0.39 is 0 Å². The van der Waals surface area contributed by atoms with Crippen LogP contribution in [0.15, 0.2) is 47.1 Å². The molecule has 0 unspecified atom stereocenters. The number of amides is 1. The zero-order valence-electron chi connectivity index (χ0n) is 14.2. The SMILES string of the molecule is O=C(NC[C@@H]1CCCO1)c1cc(COc2cccc3cccnc23)on1. The summed E-state index contributed by atoms with van der Waals surface area (Å²) >= 11 is 0. The molecule has 0 saturated carbocycles. The summed E-state index contributed by atoms with van der Waals surface area (Å²) in [5, 5.41) is 7.62. The van der Waals surface area contributed by atoms with E-state index in [4.69, 9.17) is 14.0 Å². The number of nitrogens with one attached hydrogen (secondary N) is 1. The van der Waals surface area contributed by atoms with Crippen LogP contribution >= 0.6 is 0 Å². The van der Waals surface area contributed by atoms with Gasteiger partial charge in [-0.2, -0.15) is 0 Å². The number of para-hydroxylation sites is 1. The molecule has 3 heterocycles. The molecule has 7 nitrogen and oxygen atoms in total. The second-order valence-corrected chi connectivity index (χ2v) is 6.14. The highest BCUT2D eigenvalue weighted by Gasteiger charge is 2.18. The standard InChI is InChI=1S/C19H19N3O4/c23-19(21-11-14-6-3-9-24-14)16-10-15(26-22-16)12-25-17-7-1-4-13-5-2-8-20-18(13)17/h1-2,4-5,7-8,10,14H,3,6,9,11-12H2,(H,21,23)/t14-/m0/s1. The van der Waals surface area contributed by atoms with Crippen molar-refractivity contribution in [1.29, 1.82) is 0 Å². The molecule has 1 atom stereocenters. The number of pyridine rings is 1. The quantitative estimate of drug-likeness (QED) is 0.733. The molecular formula is C19H19N3O4. The number of rotatable bonds is 6. The van der Waals surface area contributed by atoms with Gasteiger partial charge in [0.05, 0.1) is 6.10 Å². The van der Waals surface area contributed by atoms with Crippen molar-refractivity contribution in [2.45, 2.75) is 25.6 Å². The minimum Gasteiger partial charge on any atom is -0.483 e. The summed E-state index contributed by atoms with van der Waals surface area (Å²) in [5.41, 5.74) is 1.02. The fourth-order valence-corrected chi connectivity index (χ4v) is 2.93. The molecule has 134 valence electrons. The highest BCUT2D eigenvalue weighted by atomic mass is 16.5. The third-order valence-corrected chi connectivity index (χ3v) is 4.27. The van der Waals surface area contributed by atoms with E-state index in [-0.39, 0.29) is 24.3 Å². The molecule has 4 rings (SSSR count). The molecule has 1 amide bonds. The first kappa shape index (κ1) is 16.5. The van der Waals surface area contributed by atoms with Crippen molar-refractivity contribution in [3.05, 3.63) is 54.0 Å². The predicted molar refractivity (Wildman–Crippen MR) is 93.9 cm³/mol. The Kier molecular flexibility index (Phi) is 4.79. The van der Waals surface area contributed by atoms with Crippen molar-refractivity contribution < 1.29 is 18.8 Å². The normalized spacial score (nSPS) is 16.7. The Morgan fingerprint density at radius 2 is 2.23 bits per heavy atom. The van der Waals surface area contributed by atoms with Gasteiger partial charge >= 0.3 is 0 Å². The van der Waals surface area contributed by atoms with Crippen LogP contribution in [0.4, 0.5) is 0 Å². The van der Waals surface area contributed by atoms with Crippen molar-refractivity contribution in [3.63, 3.8) is 0 Å². The van der Waals surface area contributed by atoms with Crippen LogP contribution in [0.5, 0.6) is 5.75 Å². The van der Waals surface area contributed by atoms with Crippen LogP contribution in [0.1, 0.15) is 29.1 Å². The van der Waals surface area contributed by atoms with Gasteiger partial charge < -0.3 is 19.3 Å². The highest BCUT2D eigenvalue weighted by molar-refractivity contribution is 5.92. The summed E-state index contributed by atoms with van der Waals surface area (Å²) in [6.45, 7) is 1.41. The second-order valence-electron chi connectivity index (χ2n) is 6.14. The molecule has 1 aliphatic rings. The summed E-state index contributed by atoms with van der Waals surface area (Å²) < 4.78 is 16.5. The van der Waals surface area contributed by atoms with E-state index >= 15 is 0 Å². The van der Waals surface area contributed by atoms with Crippen LogP contribution in [0, 0.1) is 0 Å². The van der Waals surface area contributed by atoms with E-state index in [1.807, 2.05) is 30.3 Å². The molecule has 1 N–H and O–H groups in total. The first-order valence-electron chi connectivity index (χ1n) is 8.61. The average Bonchev–Trinajstić information content (AvgIpc) is 3.36. The van der Waals surface area contributed by atoms with E-state index in [2.05, 4.69) is 15.5 Å². The van der Waals surface area contributed by atoms with Gasteiger partial charge in [0, 0.05) is 30.8 Å². The molecule has 0 radical (unpaired) electrons. The molecule has 0 spiro atoms. The van der Waals surface area contributed by atoms with E-state index in [0.29, 0.717) is 18.1 Å². The maximum Gasteiger partial charge on any atom is 0.273 e. The number of nitrogens with zero attached hydrogens (tertiary/aromatic N) is 2. The lowest BCUT2D eigenvalue weighted by Crippen LogP contribution is -2.31. The van der Waals surface area contributed by atoms with Crippen LogP contribution in [0.2, 0.25) is 0 Å². The summed E-state index contributed by atoms with van der Waals surface area (Å²) in [5.74, 6) is 0.853. The molecular weight excluding hydrogens is 334 g/mol. The molecule has 1 aliphatic heterocycles. The largest absolute Gasteiger partial charge is 0.483 e. The summed E-state index contributed by atoms with van der Waals surface area (Å²) in [6, 6.07) is 11.2. The van der Waals surface area contributed by atoms with Gasteiger partial charge in [0.25, 0.3) is 5.91 Å². The number of benzene rings is 1. The Morgan fingerprint density at radius 3 is 3.12 bits per heavy atom. The minimum absolute atomic E-state index is 0.0903. The van der Waals surface area contributed by atoms with Crippen molar-refractivity contribution in [1.82, 2.24) is 15.5 Å². The van der Waals surface area contributed by atoms with Gasteiger partial charge in [-0.3, -0.25) is 9.78 Å². The number of hydrogen-bond acceptors (Lipinski definition) is 6. The van der Waals surface area contributed by atoms with Gasteiger partial charge in [0.15, 0.2) is 11.5 Å². The molecule has 2 aromatic heterocycles. The molecule has 1 aromatic carbocycles. The van der Waals surface area contributed by atoms with Gasteiger partial charge in [-0.15, -0.1) is 0 Å². The van der Waals surface area contributed by atoms with Crippen LogP contribution in [-0.2, 0) is 11.3 Å². The number of fused-ring (bicyclic) bond motifs is 1. The van der Waals surface area contributed by atoms with Crippen LogP contribution in [-0.4, -0.2) is 35.3 Å². The lowest BCUT2D eigenvalue weighted by molar-refractivity contribution is 0.0850. The molecule has 1 fully saturated rings. The van der Waals surface area contributed by atoms with E-state index in [1.54, 1.807) is 12.3 Å². The maximum absolute atomic E-state index is 12.1. The average molecular weight is 353 g/mol. The lowest BCUT2D eigenvalue weighted by atomic mass is 10.2. The van der Waals surface area contributed by atoms with E-state index in [1.165, 1.54) is 0 Å². The van der Waals surface area contributed by atoms with Crippen molar-refractivity contribution in [2.75, 3.05) is 13.2 Å². The van der Waals surface area contributed by atoms with Gasteiger partial charge in [-0.1, -0.05) is 23.4 Å². The Labute approximate surface area is 150 Å². The van der Waals surface area contributed by atoms with Gasteiger partial charge in [0.1, 0.15) is 17.9 Å². The van der Waals surface area contributed by atoms with Crippen LogP contribution < -0.4 is 10.1 Å². The number of carbonyl (C=O) groups is 1. The first-order valence-corrected chi connectivity index (χ1v) is 8.61. The fraction of sp³-hybridized carbons (Fsp3) is 0.316. The Balaban J connectivity index is 1.36. The Bertz CT molecular complexity index is 897. The van der Waals surface area contributed by atoms with Gasteiger partial charge in [-0.25, -0.2) is 0 Å². The zero-order chi connectivity index (χ0) is 17.8. The Hall–Kier alpha value is -2.93. The molecule has 1 saturated heterocycles. The van der Waals surface area contributed by atoms with E-state index in [0.717, 1.165) is 30.4 Å². The number of carbonyl (C=O) groups excluding carboxylic acids is 1. The Morgan fingerprint density at radius 1 is 1.31 bits per heavy atom. The fourth-order valence-electron chi connectivity index (χ4n) is 2.93. The third-order valence-electron chi connectivity index (χ3n) is 4.27. The van der Waals surface area contributed by atoms with Crippen LogP contribution in [0.3, 0.4) is 0 Å². The maximum atomic E-state index is 12.1. The van der Waals surface area contributed by atoms with Crippen molar-refractivity contribution in [2.24, 2.45) is 0 Å². The molecule has 0 aliphatic carbocycles. The molecule has 3 aromatic rings. The number of ether oxygens (including phenoxy) is 2. The first-order chi connectivity index (χ1) is 12.8. The molecule has 0 bridgehead atoms. The summed E-state index contributed by atoms with van der Waals surface area (Å²) in [7, 11) is 0. The summed E-state index contributed by atoms with van der Waals surface area (Å²) in [6.07, 6.45) is 3.82. The third kappa shape index (κ3) is 3.67. The number of aromatic nitrogens is 2. The van der Waals surface area contributed by atoms with Gasteiger partial charge in [-0.05, 0) is 25.0 Å². The second kappa shape index (κ2) is 7.53. The van der Waals surface area contributed by atoms with Crippen molar-refractivity contribution in [3.8, 4) is 5.75 Å².